The molecule has 0 spiro atoms. The van der Waals surface area contributed by atoms with Gasteiger partial charge in [0.05, 0.1) is 21.3 Å². The van der Waals surface area contributed by atoms with E-state index in [-0.39, 0.29) is 0 Å². The van der Waals surface area contributed by atoms with Gasteiger partial charge in [-0.2, -0.15) is 0 Å². The summed E-state index contributed by atoms with van der Waals surface area (Å²) in [7, 11) is 4.96. The number of benzene rings is 2. The van der Waals surface area contributed by atoms with E-state index in [1.54, 1.807) is 21.3 Å². The van der Waals surface area contributed by atoms with Crippen LogP contribution in [0.4, 0.5) is 0 Å². The fourth-order valence-corrected chi connectivity index (χ4v) is 4.44. The molecule has 0 saturated heterocycles. The van der Waals surface area contributed by atoms with Gasteiger partial charge in [-0.15, -0.1) is 0 Å². The first-order chi connectivity index (χ1) is 15.1. The molecule has 3 rings (SSSR count). The van der Waals surface area contributed by atoms with Crippen LogP contribution in [-0.4, -0.2) is 37.4 Å². The van der Waals surface area contributed by atoms with Crippen LogP contribution >= 0.6 is 12.2 Å². The van der Waals surface area contributed by atoms with Crippen LogP contribution in [0.3, 0.4) is 0 Å². The molecule has 1 N–H and O–H groups in total. The first kappa shape index (κ1) is 23.2. The second kappa shape index (κ2) is 11.8. The molecule has 6 heteroatoms. The quantitative estimate of drug-likeness (QED) is 0.441. The van der Waals surface area contributed by atoms with Gasteiger partial charge in [0.25, 0.3) is 0 Å². The molecular formula is C25H34N2O3S. The summed E-state index contributed by atoms with van der Waals surface area (Å²) in [4.78, 5) is 2.20. The molecule has 168 valence electrons. The van der Waals surface area contributed by atoms with Crippen molar-refractivity contribution in [2.75, 3.05) is 21.3 Å². The van der Waals surface area contributed by atoms with Gasteiger partial charge in [-0.25, -0.2) is 0 Å². The second-order valence-corrected chi connectivity index (χ2v) is 8.39. The Morgan fingerprint density at radius 1 is 0.935 bits per heavy atom. The van der Waals surface area contributed by atoms with Crippen molar-refractivity contribution in [2.24, 2.45) is 0 Å². The van der Waals surface area contributed by atoms with E-state index >= 15 is 0 Å². The summed E-state index contributed by atoms with van der Waals surface area (Å²) in [6.45, 7) is 1.30. The van der Waals surface area contributed by atoms with Crippen LogP contribution in [0.25, 0.3) is 0 Å². The molecule has 0 radical (unpaired) electrons. The maximum atomic E-state index is 5.91. The van der Waals surface area contributed by atoms with Crippen molar-refractivity contribution in [2.45, 2.75) is 57.7 Å². The lowest BCUT2D eigenvalue weighted by atomic mass is 10.1. The van der Waals surface area contributed by atoms with Gasteiger partial charge in [0.15, 0.2) is 16.6 Å². The summed E-state index contributed by atoms with van der Waals surface area (Å²) in [5, 5.41) is 4.43. The lowest BCUT2D eigenvalue weighted by molar-refractivity contribution is 0.332. The fraction of sp³-hybridized carbons (Fsp3) is 0.480. The van der Waals surface area contributed by atoms with Crippen LogP contribution in [0, 0.1) is 0 Å². The minimum Gasteiger partial charge on any atom is -0.497 e. The van der Waals surface area contributed by atoms with E-state index in [2.05, 4.69) is 34.5 Å². The molecule has 0 heterocycles. The maximum absolute atomic E-state index is 5.91. The van der Waals surface area contributed by atoms with Gasteiger partial charge in [-0.05, 0) is 36.7 Å². The molecule has 0 aromatic heterocycles. The molecule has 0 unspecified atom stereocenters. The van der Waals surface area contributed by atoms with Crippen LogP contribution < -0.4 is 19.5 Å². The highest BCUT2D eigenvalue weighted by atomic mass is 32.1. The monoisotopic (exact) mass is 442 g/mol. The summed E-state index contributed by atoms with van der Waals surface area (Å²) in [6, 6.07) is 14.7. The zero-order chi connectivity index (χ0) is 22.1. The zero-order valence-corrected chi connectivity index (χ0v) is 19.7. The highest BCUT2D eigenvalue weighted by Crippen LogP contribution is 2.36. The first-order valence-corrected chi connectivity index (χ1v) is 11.4. The zero-order valence-electron chi connectivity index (χ0n) is 18.9. The van der Waals surface area contributed by atoms with Crippen LogP contribution in [0.2, 0.25) is 0 Å². The first-order valence-electron chi connectivity index (χ1n) is 11.0. The van der Waals surface area contributed by atoms with Crippen LogP contribution in [0.15, 0.2) is 42.5 Å². The van der Waals surface area contributed by atoms with Crippen molar-refractivity contribution >= 4 is 17.3 Å². The van der Waals surface area contributed by atoms with Gasteiger partial charge >= 0.3 is 0 Å². The summed E-state index contributed by atoms with van der Waals surface area (Å²) in [5.41, 5.74) is 2.18. The third kappa shape index (κ3) is 6.50. The van der Waals surface area contributed by atoms with Gasteiger partial charge in [-0.1, -0.05) is 56.0 Å². The highest BCUT2D eigenvalue weighted by Gasteiger charge is 2.21. The molecule has 1 saturated carbocycles. The number of methoxy groups -OCH3 is 3. The van der Waals surface area contributed by atoms with Gasteiger partial charge in [0.1, 0.15) is 5.75 Å². The molecule has 0 aliphatic heterocycles. The number of thiocarbonyl (C=S) groups is 1. The Morgan fingerprint density at radius 2 is 1.65 bits per heavy atom. The van der Waals surface area contributed by atoms with Gasteiger partial charge in [0.2, 0.25) is 0 Å². The molecule has 1 aliphatic carbocycles. The number of rotatable bonds is 8. The minimum atomic E-state index is 0.440. The number of nitrogens with zero attached hydrogens (tertiary/aromatic N) is 1. The van der Waals surface area contributed by atoms with Crippen molar-refractivity contribution in [3.05, 3.63) is 53.6 Å². The van der Waals surface area contributed by atoms with Gasteiger partial charge in [-0.3, -0.25) is 0 Å². The van der Waals surface area contributed by atoms with E-state index < -0.39 is 0 Å². The molecule has 1 aliphatic rings. The number of hydrogen-bond donors (Lipinski definition) is 1. The van der Waals surface area contributed by atoms with Gasteiger partial charge in [0, 0.05) is 30.8 Å². The summed E-state index contributed by atoms with van der Waals surface area (Å²) >= 11 is 5.91. The molecule has 31 heavy (non-hydrogen) atoms. The molecule has 0 bridgehead atoms. The van der Waals surface area contributed by atoms with Crippen molar-refractivity contribution in [1.82, 2.24) is 10.2 Å². The summed E-state index contributed by atoms with van der Waals surface area (Å²) in [5.74, 6) is 2.09. The summed E-state index contributed by atoms with van der Waals surface area (Å²) < 4.78 is 16.7. The Kier molecular flexibility index (Phi) is 8.83. The third-order valence-electron chi connectivity index (χ3n) is 5.81. The number of hydrogen-bond acceptors (Lipinski definition) is 4. The van der Waals surface area contributed by atoms with Crippen molar-refractivity contribution < 1.29 is 14.2 Å². The predicted molar refractivity (Wildman–Crippen MR) is 129 cm³/mol. The molecule has 0 atom stereocenters. The molecule has 2 aromatic rings. The molecule has 0 amide bonds. The number of ether oxygens (including phenoxy) is 3. The minimum absolute atomic E-state index is 0.440. The summed E-state index contributed by atoms with van der Waals surface area (Å²) in [6.07, 6.45) is 7.52. The lowest BCUT2D eigenvalue weighted by Crippen LogP contribution is -2.44. The fourth-order valence-electron chi connectivity index (χ4n) is 4.15. The maximum Gasteiger partial charge on any atom is 0.169 e. The van der Waals surface area contributed by atoms with Crippen LogP contribution in [0.5, 0.6) is 17.2 Å². The second-order valence-electron chi connectivity index (χ2n) is 8.00. The third-order valence-corrected chi connectivity index (χ3v) is 6.19. The largest absolute Gasteiger partial charge is 0.497 e. The number of nitrogens with one attached hydrogen (secondary N) is 1. The van der Waals surface area contributed by atoms with E-state index in [4.69, 9.17) is 26.4 Å². The SMILES string of the molecule is COc1cc(CN(Cc2ccccc2)C(=S)NC2CCCCCC2)c(OC)c(OC)c1. The average Bonchev–Trinajstić information content (AvgIpc) is 3.07. The molecular weight excluding hydrogens is 408 g/mol. The molecule has 1 fully saturated rings. The lowest BCUT2D eigenvalue weighted by Gasteiger charge is -2.30. The Morgan fingerprint density at radius 3 is 2.26 bits per heavy atom. The Balaban J connectivity index is 1.86. The average molecular weight is 443 g/mol. The van der Waals surface area contributed by atoms with Gasteiger partial charge < -0.3 is 24.4 Å². The Labute approximate surface area is 191 Å². The van der Waals surface area contributed by atoms with Crippen molar-refractivity contribution in [3.63, 3.8) is 0 Å². The Hall–Kier alpha value is -2.47. The predicted octanol–water partition coefficient (Wildman–Crippen LogP) is 5.31. The highest BCUT2D eigenvalue weighted by molar-refractivity contribution is 7.80. The smallest absolute Gasteiger partial charge is 0.169 e. The van der Waals surface area contributed by atoms with Crippen molar-refractivity contribution in [1.29, 1.82) is 0 Å². The Bertz CT molecular complexity index is 836. The van der Waals surface area contributed by atoms with Crippen LogP contribution in [0.1, 0.15) is 49.7 Å². The molecule has 2 aromatic carbocycles. The standard InChI is InChI=1S/C25H34N2O3S/c1-28-22-15-20(24(30-3)23(16-22)29-2)18-27(17-19-11-7-6-8-12-19)25(31)26-21-13-9-4-5-10-14-21/h6-8,11-12,15-16,21H,4-5,9-10,13-14,17-18H2,1-3H3,(H,26,31). The van der Waals surface area contributed by atoms with E-state index in [9.17, 15) is 0 Å². The van der Waals surface area contributed by atoms with Crippen LogP contribution in [-0.2, 0) is 13.1 Å². The van der Waals surface area contributed by atoms with Crippen molar-refractivity contribution in [3.8, 4) is 17.2 Å². The normalized spacial score (nSPS) is 14.4. The topological polar surface area (TPSA) is 43.0 Å². The van der Waals surface area contributed by atoms with E-state index in [1.165, 1.54) is 44.1 Å². The van der Waals surface area contributed by atoms with E-state index in [0.29, 0.717) is 30.6 Å². The van der Waals surface area contributed by atoms with E-state index in [1.807, 2.05) is 18.2 Å². The van der Waals surface area contributed by atoms with E-state index in [0.717, 1.165) is 16.4 Å². The molecule has 5 nitrogen and oxygen atoms in total.